The molecule has 0 saturated carbocycles. The lowest BCUT2D eigenvalue weighted by molar-refractivity contribution is -0.148. The van der Waals surface area contributed by atoms with Gasteiger partial charge in [-0.3, -0.25) is 9.59 Å². The number of hydrogen-bond donors (Lipinski definition) is 0. The van der Waals surface area contributed by atoms with Crippen molar-refractivity contribution < 1.29 is 18.7 Å². The Morgan fingerprint density at radius 3 is 2.39 bits per heavy atom. The number of alkyl halides is 1. The predicted molar refractivity (Wildman–Crippen MR) is 65.7 cm³/mol. The summed E-state index contributed by atoms with van der Waals surface area (Å²) in [5.41, 5.74) is 0.263. The van der Waals surface area contributed by atoms with Crippen molar-refractivity contribution in [3.05, 3.63) is 35.9 Å². The molecule has 0 fully saturated rings. The van der Waals surface area contributed by atoms with Gasteiger partial charge in [0.25, 0.3) is 0 Å². The molecule has 98 valence electrons. The minimum atomic E-state index is -1.77. The van der Waals surface area contributed by atoms with Crippen molar-refractivity contribution in [2.75, 3.05) is 6.61 Å². The van der Waals surface area contributed by atoms with Crippen LogP contribution in [0.25, 0.3) is 0 Å². The number of rotatable bonds is 6. The fourth-order valence-corrected chi connectivity index (χ4v) is 1.35. The van der Waals surface area contributed by atoms with Crippen LogP contribution in [0, 0.1) is 5.92 Å². The molecule has 1 rings (SSSR count). The quantitative estimate of drug-likeness (QED) is 0.577. The second kappa shape index (κ2) is 6.89. The van der Waals surface area contributed by atoms with Gasteiger partial charge in [-0.1, -0.05) is 44.2 Å². The molecule has 0 heterocycles. The lowest BCUT2D eigenvalue weighted by atomic mass is 10.1. The number of hydrogen-bond acceptors (Lipinski definition) is 3. The number of Topliss-reactive ketones (excluding diaryl/α,β-unsaturated/α-hetero) is 1. The average molecular weight is 252 g/mol. The standard InChI is InChI=1S/C14H17FO3/c1-10(2)9-18-13(17)8-12(16)14(15)11-6-4-3-5-7-11/h3-7,10,14H,8-9H2,1-2H3. The van der Waals surface area contributed by atoms with E-state index in [1.54, 1.807) is 18.2 Å². The number of ketones is 1. The van der Waals surface area contributed by atoms with E-state index < -0.39 is 24.3 Å². The number of benzene rings is 1. The van der Waals surface area contributed by atoms with Crippen LogP contribution in [0.2, 0.25) is 0 Å². The molecule has 4 heteroatoms. The molecule has 3 nitrogen and oxygen atoms in total. The van der Waals surface area contributed by atoms with Crippen LogP contribution in [0.1, 0.15) is 32.0 Å². The van der Waals surface area contributed by atoms with Crippen LogP contribution in [0.15, 0.2) is 30.3 Å². The highest BCUT2D eigenvalue weighted by Crippen LogP contribution is 2.19. The SMILES string of the molecule is CC(C)COC(=O)CC(=O)C(F)c1ccccc1. The van der Waals surface area contributed by atoms with Gasteiger partial charge in [-0.25, -0.2) is 4.39 Å². The first-order valence-electron chi connectivity index (χ1n) is 5.88. The monoisotopic (exact) mass is 252 g/mol. The van der Waals surface area contributed by atoms with Crippen molar-refractivity contribution >= 4 is 11.8 Å². The Bertz CT molecular complexity index is 401. The molecule has 1 aromatic rings. The number of halogens is 1. The van der Waals surface area contributed by atoms with Crippen molar-refractivity contribution in [2.45, 2.75) is 26.4 Å². The molecule has 0 aliphatic heterocycles. The molecular formula is C14H17FO3. The summed E-state index contributed by atoms with van der Waals surface area (Å²) in [7, 11) is 0. The largest absolute Gasteiger partial charge is 0.465 e. The summed E-state index contributed by atoms with van der Waals surface area (Å²) in [6.07, 6.45) is -2.29. The van der Waals surface area contributed by atoms with Crippen LogP contribution in [0.5, 0.6) is 0 Å². The summed E-state index contributed by atoms with van der Waals surface area (Å²) < 4.78 is 18.6. The Balaban J connectivity index is 2.48. The number of ether oxygens (including phenoxy) is 1. The lowest BCUT2D eigenvalue weighted by Crippen LogP contribution is -2.17. The van der Waals surface area contributed by atoms with Gasteiger partial charge >= 0.3 is 5.97 Å². The third kappa shape index (κ3) is 4.65. The molecule has 1 aromatic carbocycles. The van der Waals surface area contributed by atoms with Crippen LogP contribution in [-0.4, -0.2) is 18.4 Å². The van der Waals surface area contributed by atoms with E-state index in [0.29, 0.717) is 0 Å². The summed E-state index contributed by atoms with van der Waals surface area (Å²) in [6, 6.07) is 8.06. The molecule has 0 N–H and O–H groups in total. The first-order valence-corrected chi connectivity index (χ1v) is 5.88. The molecule has 1 atom stereocenters. The first kappa shape index (κ1) is 14.4. The van der Waals surface area contributed by atoms with Crippen molar-refractivity contribution in [3.63, 3.8) is 0 Å². The lowest BCUT2D eigenvalue weighted by Gasteiger charge is -2.09. The maximum atomic E-state index is 13.7. The second-order valence-corrected chi connectivity index (χ2v) is 4.49. The van der Waals surface area contributed by atoms with E-state index in [9.17, 15) is 14.0 Å². The van der Waals surface area contributed by atoms with Crippen LogP contribution in [-0.2, 0) is 14.3 Å². The molecule has 18 heavy (non-hydrogen) atoms. The van der Waals surface area contributed by atoms with E-state index in [4.69, 9.17) is 4.74 Å². The number of carbonyl (C=O) groups is 2. The molecule has 0 radical (unpaired) electrons. The normalized spacial score (nSPS) is 12.2. The molecule has 0 aliphatic carbocycles. The summed E-state index contributed by atoms with van der Waals surface area (Å²) in [5.74, 6) is -1.25. The van der Waals surface area contributed by atoms with Gasteiger partial charge < -0.3 is 4.74 Å². The highest BCUT2D eigenvalue weighted by Gasteiger charge is 2.22. The van der Waals surface area contributed by atoms with Gasteiger partial charge in [-0.15, -0.1) is 0 Å². The third-order valence-corrected chi connectivity index (χ3v) is 2.27. The fourth-order valence-electron chi connectivity index (χ4n) is 1.35. The van der Waals surface area contributed by atoms with E-state index in [-0.39, 0.29) is 18.1 Å². The minimum Gasteiger partial charge on any atom is -0.465 e. The minimum absolute atomic E-state index is 0.194. The number of esters is 1. The van der Waals surface area contributed by atoms with E-state index in [0.717, 1.165) is 0 Å². The molecule has 1 unspecified atom stereocenters. The highest BCUT2D eigenvalue weighted by atomic mass is 19.1. The second-order valence-electron chi connectivity index (χ2n) is 4.49. The zero-order valence-corrected chi connectivity index (χ0v) is 10.6. The van der Waals surface area contributed by atoms with Gasteiger partial charge in [-0.05, 0) is 11.5 Å². The van der Waals surface area contributed by atoms with Gasteiger partial charge in [0, 0.05) is 0 Å². The van der Waals surface area contributed by atoms with Gasteiger partial charge in [0.2, 0.25) is 0 Å². The third-order valence-electron chi connectivity index (χ3n) is 2.27. The molecular weight excluding hydrogens is 235 g/mol. The summed E-state index contributed by atoms with van der Waals surface area (Å²) in [4.78, 5) is 22.8. The number of carbonyl (C=O) groups excluding carboxylic acids is 2. The molecule has 0 bridgehead atoms. The van der Waals surface area contributed by atoms with Crippen molar-refractivity contribution in [1.29, 1.82) is 0 Å². The maximum Gasteiger partial charge on any atom is 0.313 e. The van der Waals surface area contributed by atoms with Gasteiger partial charge in [0.1, 0.15) is 6.42 Å². The average Bonchev–Trinajstić information content (AvgIpc) is 2.36. The zero-order valence-electron chi connectivity index (χ0n) is 10.6. The van der Waals surface area contributed by atoms with Crippen molar-refractivity contribution in [1.82, 2.24) is 0 Å². The van der Waals surface area contributed by atoms with Gasteiger partial charge in [0.05, 0.1) is 6.61 Å². The Hall–Kier alpha value is -1.71. The van der Waals surface area contributed by atoms with Gasteiger partial charge in [-0.2, -0.15) is 0 Å². The van der Waals surface area contributed by atoms with Crippen LogP contribution in [0.4, 0.5) is 4.39 Å². The molecule has 0 saturated heterocycles. The van der Waals surface area contributed by atoms with Crippen molar-refractivity contribution in [2.24, 2.45) is 5.92 Å². The molecule has 0 amide bonds. The van der Waals surface area contributed by atoms with Crippen LogP contribution < -0.4 is 0 Å². The smallest absolute Gasteiger partial charge is 0.313 e. The summed E-state index contributed by atoms with van der Waals surface area (Å²) >= 11 is 0. The first-order chi connectivity index (χ1) is 8.50. The maximum absolute atomic E-state index is 13.7. The Morgan fingerprint density at radius 1 is 1.22 bits per heavy atom. The van der Waals surface area contributed by atoms with Crippen LogP contribution in [0.3, 0.4) is 0 Å². The zero-order chi connectivity index (χ0) is 13.5. The molecule has 0 spiro atoms. The predicted octanol–water partition coefficient (Wildman–Crippen LogP) is 2.86. The topological polar surface area (TPSA) is 43.4 Å². The Kier molecular flexibility index (Phi) is 5.49. The van der Waals surface area contributed by atoms with Crippen molar-refractivity contribution in [3.8, 4) is 0 Å². The summed E-state index contributed by atoms with van der Waals surface area (Å²) in [6.45, 7) is 4.02. The van der Waals surface area contributed by atoms with E-state index in [2.05, 4.69) is 0 Å². The van der Waals surface area contributed by atoms with E-state index >= 15 is 0 Å². The molecule has 0 aromatic heterocycles. The van der Waals surface area contributed by atoms with E-state index in [1.165, 1.54) is 12.1 Å². The Morgan fingerprint density at radius 2 is 1.83 bits per heavy atom. The molecule has 0 aliphatic rings. The van der Waals surface area contributed by atoms with Crippen LogP contribution >= 0.6 is 0 Å². The van der Waals surface area contributed by atoms with E-state index in [1.807, 2.05) is 13.8 Å². The summed E-state index contributed by atoms with van der Waals surface area (Å²) in [5, 5.41) is 0. The van der Waals surface area contributed by atoms with Gasteiger partial charge in [0.15, 0.2) is 12.0 Å². The fraction of sp³-hybridized carbons (Fsp3) is 0.429. The Labute approximate surface area is 106 Å². The highest BCUT2D eigenvalue weighted by molar-refractivity contribution is 5.98.